The summed E-state index contributed by atoms with van der Waals surface area (Å²) >= 11 is 1.34. The zero-order valence-corrected chi connectivity index (χ0v) is 18.9. The topological polar surface area (TPSA) is 95.6 Å². The van der Waals surface area contributed by atoms with Crippen LogP contribution in [0, 0.1) is 0 Å². The van der Waals surface area contributed by atoms with Crippen LogP contribution in [0.25, 0.3) is 0 Å². The van der Waals surface area contributed by atoms with E-state index in [1.807, 2.05) is 5.38 Å². The molecule has 0 aliphatic carbocycles. The van der Waals surface area contributed by atoms with Crippen LogP contribution >= 0.6 is 11.3 Å². The van der Waals surface area contributed by atoms with Crippen LogP contribution in [0.4, 0.5) is 11.4 Å². The van der Waals surface area contributed by atoms with E-state index in [4.69, 9.17) is 0 Å². The second-order valence-corrected chi connectivity index (χ2v) is 10.3. The molecule has 1 aromatic heterocycles. The summed E-state index contributed by atoms with van der Waals surface area (Å²) in [6.07, 6.45) is 2.64. The van der Waals surface area contributed by atoms with E-state index in [0.29, 0.717) is 29.3 Å². The molecule has 2 amide bonds. The minimum absolute atomic E-state index is 0.00144. The molecule has 2 heterocycles. The highest BCUT2D eigenvalue weighted by Crippen LogP contribution is 2.25. The number of thiophene rings is 1. The van der Waals surface area contributed by atoms with Gasteiger partial charge in [-0.1, -0.05) is 30.7 Å². The third-order valence-corrected chi connectivity index (χ3v) is 8.01. The second-order valence-electron chi connectivity index (χ2n) is 7.43. The lowest BCUT2D eigenvalue weighted by molar-refractivity contribution is 0.101. The highest BCUT2D eigenvalue weighted by Gasteiger charge is 2.29. The third-order valence-electron chi connectivity index (χ3n) is 5.19. The van der Waals surface area contributed by atoms with Crippen LogP contribution in [0.2, 0.25) is 0 Å². The van der Waals surface area contributed by atoms with Gasteiger partial charge in [0, 0.05) is 24.5 Å². The van der Waals surface area contributed by atoms with E-state index in [-0.39, 0.29) is 16.4 Å². The predicted octanol–water partition coefficient (Wildman–Crippen LogP) is 4.43. The van der Waals surface area contributed by atoms with E-state index in [9.17, 15) is 18.0 Å². The molecule has 2 aromatic carbocycles. The van der Waals surface area contributed by atoms with Crippen molar-refractivity contribution in [3.05, 3.63) is 76.5 Å². The smallest absolute Gasteiger partial charge is 0.265 e. The Balaban J connectivity index is 1.53. The van der Waals surface area contributed by atoms with E-state index in [0.717, 1.165) is 19.3 Å². The number of carbonyl (C=O) groups is 2. The Bertz CT molecular complexity index is 1220. The summed E-state index contributed by atoms with van der Waals surface area (Å²) in [5.74, 6) is -0.760. The molecule has 1 fully saturated rings. The molecule has 0 bridgehead atoms. The minimum Gasteiger partial charge on any atom is -0.322 e. The van der Waals surface area contributed by atoms with Gasteiger partial charge in [0.25, 0.3) is 11.8 Å². The third kappa shape index (κ3) is 4.90. The van der Waals surface area contributed by atoms with E-state index < -0.39 is 15.9 Å². The number of anilines is 2. The van der Waals surface area contributed by atoms with Crippen LogP contribution < -0.4 is 10.6 Å². The van der Waals surface area contributed by atoms with Gasteiger partial charge >= 0.3 is 0 Å². The van der Waals surface area contributed by atoms with Crippen molar-refractivity contribution in [1.82, 2.24) is 4.31 Å². The molecular formula is C23H23N3O4S2. The van der Waals surface area contributed by atoms with Gasteiger partial charge in [0.05, 0.1) is 15.3 Å². The fourth-order valence-electron chi connectivity index (χ4n) is 3.60. The highest BCUT2D eigenvalue weighted by molar-refractivity contribution is 7.89. The van der Waals surface area contributed by atoms with Crippen LogP contribution in [-0.4, -0.2) is 37.6 Å². The van der Waals surface area contributed by atoms with Crippen LogP contribution in [0.3, 0.4) is 0 Å². The van der Waals surface area contributed by atoms with E-state index in [2.05, 4.69) is 10.6 Å². The first kappa shape index (κ1) is 22.2. The fourth-order valence-corrected chi connectivity index (χ4v) is 5.92. The lowest BCUT2D eigenvalue weighted by Gasteiger charge is -2.26. The lowest BCUT2D eigenvalue weighted by atomic mass is 10.2. The van der Waals surface area contributed by atoms with Crippen molar-refractivity contribution in [3.63, 3.8) is 0 Å². The average Bonchev–Trinajstić information content (AvgIpc) is 3.35. The summed E-state index contributed by atoms with van der Waals surface area (Å²) in [5, 5.41) is 7.37. The number of piperidine rings is 1. The number of hydrogen-bond acceptors (Lipinski definition) is 5. The van der Waals surface area contributed by atoms with Gasteiger partial charge in [-0.3, -0.25) is 9.59 Å². The van der Waals surface area contributed by atoms with E-state index in [1.165, 1.54) is 27.8 Å². The molecule has 0 unspecified atom stereocenters. The maximum absolute atomic E-state index is 13.2. The van der Waals surface area contributed by atoms with Gasteiger partial charge in [0.2, 0.25) is 10.0 Å². The predicted molar refractivity (Wildman–Crippen MR) is 126 cm³/mol. The number of benzene rings is 2. The summed E-state index contributed by atoms with van der Waals surface area (Å²) in [4.78, 5) is 25.9. The van der Waals surface area contributed by atoms with Gasteiger partial charge < -0.3 is 10.6 Å². The highest BCUT2D eigenvalue weighted by atomic mass is 32.2. The molecule has 7 nitrogen and oxygen atoms in total. The molecule has 3 aromatic rings. The summed E-state index contributed by atoms with van der Waals surface area (Å²) in [7, 11) is -3.76. The van der Waals surface area contributed by atoms with Gasteiger partial charge in [0.15, 0.2) is 0 Å². The number of amides is 2. The standard InChI is InChI=1S/C23H23N3O4S2/c27-22(19-10-2-3-12-21(19)32(29,30)26-13-4-1-5-14-26)24-17-8-6-9-18(16-17)25-23(28)20-11-7-15-31-20/h2-3,6-12,15-16H,1,4-5,13-14H2,(H,24,27)(H,25,28). The molecule has 32 heavy (non-hydrogen) atoms. The van der Waals surface area contributed by atoms with E-state index >= 15 is 0 Å². The molecule has 9 heteroatoms. The average molecular weight is 470 g/mol. The van der Waals surface area contributed by atoms with Gasteiger partial charge in [-0.15, -0.1) is 11.3 Å². The van der Waals surface area contributed by atoms with Crippen molar-refractivity contribution in [2.75, 3.05) is 23.7 Å². The van der Waals surface area contributed by atoms with Gasteiger partial charge in [-0.25, -0.2) is 8.42 Å². The molecule has 0 atom stereocenters. The quantitative estimate of drug-likeness (QED) is 0.558. The number of sulfonamides is 1. The molecule has 1 aliphatic heterocycles. The van der Waals surface area contributed by atoms with Crippen molar-refractivity contribution < 1.29 is 18.0 Å². The molecular weight excluding hydrogens is 446 g/mol. The Morgan fingerprint density at radius 2 is 1.50 bits per heavy atom. The first-order valence-electron chi connectivity index (χ1n) is 10.3. The van der Waals surface area contributed by atoms with Crippen molar-refractivity contribution in [3.8, 4) is 0 Å². The largest absolute Gasteiger partial charge is 0.322 e. The Kier molecular flexibility index (Phi) is 6.69. The van der Waals surface area contributed by atoms with Gasteiger partial charge in [0.1, 0.15) is 0 Å². The second kappa shape index (κ2) is 9.64. The van der Waals surface area contributed by atoms with Crippen LogP contribution in [0.1, 0.15) is 39.3 Å². The Morgan fingerprint density at radius 1 is 0.812 bits per heavy atom. The number of hydrogen-bond donors (Lipinski definition) is 2. The minimum atomic E-state index is -3.76. The van der Waals surface area contributed by atoms with Crippen LogP contribution in [0.15, 0.2) is 70.9 Å². The number of nitrogens with one attached hydrogen (secondary N) is 2. The molecule has 4 rings (SSSR count). The van der Waals surface area contributed by atoms with Crippen LogP contribution in [0.5, 0.6) is 0 Å². The SMILES string of the molecule is O=C(Nc1cccc(NC(=O)c2ccccc2S(=O)(=O)N2CCCCC2)c1)c1cccs1. The Morgan fingerprint density at radius 3 is 2.19 bits per heavy atom. The Labute approximate surface area is 191 Å². The zero-order valence-electron chi connectivity index (χ0n) is 17.3. The van der Waals surface area contributed by atoms with Crippen molar-refractivity contribution >= 4 is 44.5 Å². The van der Waals surface area contributed by atoms with Gasteiger partial charge in [-0.05, 0) is 54.6 Å². The van der Waals surface area contributed by atoms with Crippen molar-refractivity contribution in [2.24, 2.45) is 0 Å². The normalized spacial score (nSPS) is 14.6. The van der Waals surface area contributed by atoms with Crippen molar-refractivity contribution in [2.45, 2.75) is 24.2 Å². The van der Waals surface area contributed by atoms with Gasteiger partial charge in [-0.2, -0.15) is 4.31 Å². The molecule has 0 spiro atoms. The molecule has 0 radical (unpaired) electrons. The monoisotopic (exact) mass is 469 g/mol. The first-order chi connectivity index (χ1) is 15.4. The maximum Gasteiger partial charge on any atom is 0.265 e. The Hall–Kier alpha value is -3.01. The number of carbonyl (C=O) groups excluding carboxylic acids is 2. The zero-order chi connectivity index (χ0) is 22.6. The molecule has 1 aliphatic rings. The maximum atomic E-state index is 13.2. The summed E-state index contributed by atoms with van der Waals surface area (Å²) < 4.78 is 27.8. The van der Waals surface area contributed by atoms with E-state index in [1.54, 1.807) is 48.5 Å². The van der Waals surface area contributed by atoms with Crippen LogP contribution in [-0.2, 0) is 10.0 Å². The number of rotatable bonds is 6. The van der Waals surface area contributed by atoms with Crippen molar-refractivity contribution in [1.29, 1.82) is 0 Å². The molecule has 1 saturated heterocycles. The number of nitrogens with zero attached hydrogens (tertiary/aromatic N) is 1. The fraction of sp³-hybridized carbons (Fsp3) is 0.217. The summed E-state index contributed by atoms with van der Waals surface area (Å²) in [6, 6.07) is 16.5. The summed E-state index contributed by atoms with van der Waals surface area (Å²) in [6.45, 7) is 0.925. The first-order valence-corrected chi connectivity index (χ1v) is 12.6. The molecule has 2 N–H and O–H groups in total. The lowest BCUT2D eigenvalue weighted by Crippen LogP contribution is -2.36. The summed E-state index contributed by atoms with van der Waals surface area (Å²) in [5.41, 5.74) is 1.06. The molecule has 166 valence electrons. The molecule has 0 saturated carbocycles.